The Kier molecular flexibility index (Phi) is 6.16. The third-order valence-electron chi connectivity index (χ3n) is 3.38. The molecule has 0 aliphatic rings. The number of nitrogens with one attached hydrogen (secondary N) is 2. The lowest BCUT2D eigenvalue weighted by Crippen LogP contribution is -2.28. The molecular weight excluding hydrogens is 333 g/mol. The molecule has 0 saturated carbocycles. The van der Waals surface area contributed by atoms with Crippen LogP contribution in [0.5, 0.6) is 0 Å². The number of rotatable bonds is 6. The number of benzene rings is 2. The predicted octanol–water partition coefficient (Wildman–Crippen LogP) is 3.39. The van der Waals surface area contributed by atoms with Gasteiger partial charge in [-0.1, -0.05) is 30.3 Å². The first-order chi connectivity index (χ1) is 11.8. The van der Waals surface area contributed by atoms with E-state index in [1.165, 1.54) is 12.1 Å². The normalized spacial score (nSPS) is 11.0. The number of halogens is 3. The van der Waals surface area contributed by atoms with Crippen LogP contribution in [0.2, 0.25) is 0 Å². The first-order valence-corrected chi connectivity index (χ1v) is 7.62. The minimum atomic E-state index is -4.41. The molecule has 0 fully saturated rings. The Balaban J connectivity index is 1.72. The summed E-state index contributed by atoms with van der Waals surface area (Å²) in [5, 5.41) is 5.11. The fraction of sp³-hybridized carbons (Fsp3) is 0.222. The van der Waals surface area contributed by atoms with Gasteiger partial charge in [-0.3, -0.25) is 9.59 Å². The molecule has 0 atom stereocenters. The summed E-state index contributed by atoms with van der Waals surface area (Å²) in [5.41, 5.74) is 0.362. The quantitative estimate of drug-likeness (QED) is 0.839. The Labute approximate surface area is 143 Å². The van der Waals surface area contributed by atoms with Crippen LogP contribution in [0.3, 0.4) is 0 Å². The fourth-order valence-corrected chi connectivity index (χ4v) is 2.13. The van der Waals surface area contributed by atoms with Gasteiger partial charge in [0, 0.05) is 18.7 Å². The third-order valence-corrected chi connectivity index (χ3v) is 3.38. The highest BCUT2D eigenvalue weighted by Gasteiger charge is 2.29. The molecule has 7 heteroatoms. The zero-order valence-electron chi connectivity index (χ0n) is 13.3. The highest BCUT2D eigenvalue weighted by atomic mass is 19.4. The fourth-order valence-electron chi connectivity index (χ4n) is 2.13. The number of alkyl halides is 3. The van der Waals surface area contributed by atoms with Crippen molar-refractivity contribution >= 4 is 17.5 Å². The van der Waals surface area contributed by atoms with Crippen LogP contribution in [0.15, 0.2) is 54.6 Å². The van der Waals surface area contributed by atoms with Crippen molar-refractivity contribution in [3.63, 3.8) is 0 Å². The summed E-state index contributed by atoms with van der Waals surface area (Å²) in [4.78, 5) is 23.5. The van der Waals surface area contributed by atoms with Gasteiger partial charge < -0.3 is 10.6 Å². The van der Waals surface area contributed by atoms with E-state index in [0.29, 0.717) is 0 Å². The molecule has 2 amide bonds. The zero-order valence-corrected chi connectivity index (χ0v) is 13.3. The Bertz CT molecular complexity index is 713. The van der Waals surface area contributed by atoms with Crippen molar-refractivity contribution in [3.05, 3.63) is 65.7 Å². The molecular formula is C18H17F3N2O2. The molecule has 0 bridgehead atoms. The second kappa shape index (κ2) is 8.32. The maximum atomic E-state index is 12.5. The van der Waals surface area contributed by atoms with E-state index in [1.807, 2.05) is 30.3 Å². The van der Waals surface area contributed by atoms with E-state index in [4.69, 9.17) is 0 Å². The van der Waals surface area contributed by atoms with E-state index < -0.39 is 11.7 Å². The van der Waals surface area contributed by atoms with Crippen LogP contribution in [-0.2, 0) is 22.2 Å². The number of hydrogen-bond acceptors (Lipinski definition) is 2. The lowest BCUT2D eigenvalue weighted by molar-refractivity contribution is -0.137. The van der Waals surface area contributed by atoms with Crippen molar-refractivity contribution < 1.29 is 22.8 Å². The smallest absolute Gasteiger partial charge is 0.355 e. The Morgan fingerprint density at radius 1 is 0.880 bits per heavy atom. The summed E-state index contributed by atoms with van der Waals surface area (Å²) in [7, 11) is 0. The minimum Gasteiger partial charge on any atom is -0.355 e. The van der Waals surface area contributed by atoms with Crippen LogP contribution >= 0.6 is 0 Å². The molecule has 132 valence electrons. The lowest BCUT2D eigenvalue weighted by Gasteiger charge is -2.09. The summed E-state index contributed by atoms with van der Waals surface area (Å²) >= 11 is 0. The Morgan fingerprint density at radius 3 is 2.12 bits per heavy atom. The zero-order chi connectivity index (χ0) is 18.3. The van der Waals surface area contributed by atoms with Gasteiger partial charge in [-0.15, -0.1) is 0 Å². The van der Waals surface area contributed by atoms with Crippen molar-refractivity contribution in [1.29, 1.82) is 0 Å². The summed E-state index contributed by atoms with van der Waals surface area (Å²) in [5.74, 6) is -0.590. The molecule has 0 spiro atoms. The minimum absolute atomic E-state index is 0.0293. The van der Waals surface area contributed by atoms with Gasteiger partial charge in [0.1, 0.15) is 0 Å². The molecule has 25 heavy (non-hydrogen) atoms. The molecule has 4 nitrogen and oxygen atoms in total. The molecule has 0 aromatic heterocycles. The molecule has 2 aromatic carbocycles. The number of carbonyl (C=O) groups excluding carboxylic acids is 2. The number of carbonyl (C=O) groups is 2. The molecule has 0 radical (unpaired) electrons. The molecule has 0 unspecified atom stereocenters. The standard InChI is InChI=1S/C18H17F3N2O2/c19-18(20,21)14-6-8-15(9-7-14)23-16(24)10-11-22-17(25)12-13-4-2-1-3-5-13/h1-9H,10-12H2,(H,22,25)(H,23,24). The highest BCUT2D eigenvalue weighted by Crippen LogP contribution is 2.29. The van der Waals surface area contributed by atoms with Gasteiger partial charge in [0.25, 0.3) is 0 Å². The van der Waals surface area contributed by atoms with Crippen LogP contribution in [0, 0.1) is 0 Å². The van der Waals surface area contributed by atoms with Crippen LogP contribution < -0.4 is 10.6 Å². The number of amides is 2. The highest BCUT2D eigenvalue weighted by molar-refractivity contribution is 5.91. The van der Waals surface area contributed by atoms with Crippen molar-refractivity contribution in [2.24, 2.45) is 0 Å². The van der Waals surface area contributed by atoms with Gasteiger partial charge in [0.2, 0.25) is 11.8 Å². The van der Waals surface area contributed by atoms with Gasteiger partial charge in [0.15, 0.2) is 0 Å². The van der Waals surface area contributed by atoms with E-state index in [1.54, 1.807) is 0 Å². The molecule has 2 aromatic rings. The summed E-state index contributed by atoms with van der Waals surface area (Å²) < 4.78 is 37.4. The molecule has 2 N–H and O–H groups in total. The Morgan fingerprint density at radius 2 is 1.52 bits per heavy atom. The van der Waals surface area contributed by atoms with E-state index >= 15 is 0 Å². The van der Waals surface area contributed by atoms with Gasteiger partial charge in [-0.05, 0) is 29.8 Å². The SMILES string of the molecule is O=C(Cc1ccccc1)NCCC(=O)Nc1ccc(C(F)(F)F)cc1. The van der Waals surface area contributed by atoms with Crippen molar-refractivity contribution in [3.8, 4) is 0 Å². The second-order valence-corrected chi connectivity index (χ2v) is 5.39. The predicted molar refractivity (Wildman–Crippen MR) is 87.8 cm³/mol. The van der Waals surface area contributed by atoms with Crippen LogP contribution in [-0.4, -0.2) is 18.4 Å². The summed E-state index contributed by atoms with van der Waals surface area (Å²) in [6.45, 7) is 0.151. The molecule has 2 rings (SSSR count). The van der Waals surface area contributed by atoms with Crippen molar-refractivity contribution in [2.75, 3.05) is 11.9 Å². The summed E-state index contributed by atoms with van der Waals surface area (Å²) in [6, 6.07) is 13.4. The third kappa shape index (κ3) is 6.29. The molecule has 0 aliphatic carbocycles. The van der Waals surface area contributed by atoms with Crippen molar-refractivity contribution in [1.82, 2.24) is 5.32 Å². The maximum absolute atomic E-state index is 12.5. The second-order valence-electron chi connectivity index (χ2n) is 5.39. The van der Waals surface area contributed by atoms with Gasteiger partial charge in [-0.2, -0.15) is 13.2 Å². The van der Waals surface area contributed by atoms with E-state index in [2.05, 4.69) is 10.6 Å². The largest absolute Gasteiger partial charge is 0.416 e. The topological polar surface area (TPSA) is 58.2 Å². The molecule has 0 saturated heterocycles. The first kappa shape index (κ1) is 18.5. The van der Waals surface area contributed by atoms with Crippen LogP contribution in [0.4, 0.5) is 18.9 Å². The van der Waals surface area contributed by atoms with E-state index in [9.17, 15) is 22.8 Å². The Hall–Kier alpha value is -2.83. The van der Waals surface area contributed by atoms with E-state index in [-0.39, 0.29) is 36.9 Å². The van der Waals surface area contributed by atoms with Gasteiger partial charge in [-0.25, -0.2) is 0 Å². The van der Waals surface area contributed by atoms with Gasteiger partial charge in [0.05, 0.1) is 12.0 Å². The molecule has 0 heterocycles. The van der Waals surface area contributed by atoms with Crippen molar-refractivity contribution in [2.45, 2.75) is 19.0 Å². The van der Waals surface area contributed by atoms with E-state index in [0.717, 1.165) is 17.7 Å². The van der Waals surface area contributed by atoms with Crippen LogP contribution in [0.1, 0.15) is 17.5 Å². The average Bonchev–Trinajstić information content (AvgIpc) is 2.55. The maximum Gasteiger partial charge on any atom is 0.416 e. The lowest BCUT2D eigenvalue weighted by atomic mass is 10.1. The van der Waals surface area contributed by atoms with Crippen LogP contribution in [0.25, 0.3) is 0 Å². The molecule has 0 aliphatic heterocycles. The number of hydrogen-bond donors (Lipinski definition) is 2. The first-order valence-electron chi connectivity index (χ1n) is 7.62. The number of anilines is 1. The summed E-state index contributed by atoms with van der Waals surface area (Å²) in [6.07, 6.45) is -4.16. The monoisotopic (exact) mass is 350 g/mol. The van der Waals surface area contributed by atoms with Gasteiger partial charge >= 0.3 is 6.18 Å². The average molecular weight is 350 g/mol.